The Kier molecular flexibility index (Phi) is 5.11. The van der Waals surface area contributed by atoms with Crippen molar-refractivity contribution in [2.45, 2.75) is 26.1 Å². The summed E-state index contributed by atoms with van der Waals surface area (Å²) in [6.45, 7) is 6.24. The van der Waals surface area contributed by atoms with E-state index in [-0.39, 0.29) is 5.31 Å². The van der Waals surface area contributed by atoms with Crippen molar-refractivity contribution in [3.05, 3.63) is 11.8 Å². The topological polar surface area (TPSA) is 50.7 Å². The van der Waals surface area contributed by atoms with E-state index < -0.39 is 0 Å². The molecule has 0 aliphatic heterocycles. The lowest BCUT2D eigenvalue weighted by Gasteiger charge is -2.11. The zero-order valence-corrected chi connectivity index (χ0v) is 8.78. The first kappa shape index (κ1) is 11.9. The highest BCUT2D eigenvalue weighted by Crippen LogP contribution is 2.19. The number of allylic oxidation sites excluding steroid dienone is 2. The molecule has 1 radical (unpaired) electrons. The van der Waals surface area contributed by atoms with E-state index in [0.29, 0.717) is 5.70 Å². The molecule has 4 heteroatoms. The van der Waals surface area contributed by atoms with Gasteiger partial charge in [0.1, 0.15) is 0 Å². The third kappa shape index (κ3) is 8.85. The van der Waals surface area contributed by atoms with Gasteiger partial charge in [-0.25, -0.2) is 0 Å². The summed E-state index contributed by atoms with van der Waals surface area (Å²) in [6, 6.07) is 0. The number of hydrogen-bond acceptors (Lipinski definition) is 3. The van der Waals surface area contributed by atoms with Crippen molar-refractivity contribution < 1.29 is 0 Å². The van der Waals surface area contributed by atoms with Crippen LogP contribution < -0.4 is 5.73 Å². The Morgan fingerprint density at radius 3 is 2.46 bits per heavy atom. The molecule has 0 aromatic rings. The van der Waals surface area contributed by atoms with Gasteiger partial charge in [0, 0.05) is 25.2 Å². The molecule has 0 atom stereocenters. The van der Waals surface area contributed by atoms with Crippen LogP contribution in [0.4, 0.5) is 0 Å². The van der Waals surface area contributed by atoms with E-state index in [2.05, 4.69) is 30.7 Å². The molecular weight excluding hydrogens is 161 g/mol. The molecule has 0 aliphatic carbocycles. The molecular formula is C9H17BN3. The minimum Gasteiger partial charge on any atom is -0.397 e. The predicted molar refractivity (Wildman–Crippen MR) is 60.6 cm³/mol. The molecule has 0 saturated carbocycles. The predicted octanol–water partition coefficient (Wildman–Crippen LogP) is 1.44. The molecule has 71 valence electrons. The third-order valence-corrected chi connectivity index (χ3v) is 1.10. The largest absolute Gasteiger partial charge is 0.397 e. The first-order valence-electron chi connectivity index (χ1n) is 4.21. The Bertz CT molecular complexity index is 224. The maximum absolute atomic E-state index is 5.59. The van der Waals surface area contributed by atoms with E-state index in [1.807, 2.05) is 7.41 Å². The van der Waals surface area contributed by atoms with Crippen LogP contribution in [0.25, 0.3) is 0 Å². The fourth-order valence-electron chi connectivity index (χ4n) is 0.551. The monoisotopic (exact) mass is 178 g/mol. The SMILES string of the molecule is CN=C/C=C(N)/C=N/[B]C(C)(C)C. The lowest BCUT2D eigenvalue weighted by atomic mass is 9.65. The van der Waals surface area contributed by atoms with E-state index in [0.717, 1.165) is 0 Å². The van der Waals surface area contributed by atoms with Gasteiger partial charge in [0.25, 0.3) is 7.41 Å². The van der Waals surface area contributed by atoms with Crippen LogP contribution in [0.15, 0.2) is 21.7 Å². The zero-order valence-electron chi connectivity index (χ0n) is 8.78. The highest BCUT2D eigenvalue weighted by atomic mass is 14.7. The second kappa shape index (κ2) is 5.57. The smallest absolute Gasteiger partial charge is 0.280 e. The molecule has 3 nitrogen and oxygen atoms in total. The van der Waals surface area contributed by atoms with Crippen molar-refractivity contribution in [2.75, 3.05) is 7.05 Å². The summed E-state index contributed by atoms with van der Waals surface area (Å²) in [5.74, 6) is 0. The molecule has 0 fully saturated rings. The highest BCUT2D eigenvalue weighted by molar-refractivity contribution is 6.39. The van der Waals surface area contributed by atoms with E-state index in [4.69, 9.17) is 5.73 Å². The summed E-state index contributed by atoms with van der Waals surface area (Å²) in [5.41, 5.74) is 6.19. The van der Waals surface area contributed by atoms with Crippen molar-refractivity contribution >= 4 is 19.8 Å². The van der Waals surface area contributed by atoms with Gasteiger partial charge < -0.3 is 10.6 Å². The molecule has 0 rings (SSSR count). The Morgan fingerprint density at radius 2 is 2.00 bits per heavy atom. The minimum absolute atomic E-state index is 0.0929. The average Bonchev–Trinajstić information content (AvgIpc) is 1.98. The van der Waals surface area contributed by atoms with Crippen LogP contribution >= 0.6 is 0 Å². The lowest BCUT2D eigenvalue weighted by Crippen LogP contribution is -2.07. The summed E-state index contributed by atoms with van der Waals surface area (Å²) in [6.07, 6.45) is 4.96. The van der Waals surface area contributed by atoms with Crippen LogP contribution in [0.3, 0.4) is 0 Å². The van der Waals surface area contributed by atoms with E-state index in [1.165, 1.54) is 0 Å². The highest BCUT2D eigenvalue weighted by Gasteiger charge is 2.10. The number of rotatable bonds is 3. The van der Waals surface area contributed by atoms with Crippen molar-refractivity contribution in [3.8, 4) is 0 Å². The average molecular weight is 178 g/mol. The van der Waals surface area contributed by atoms with Crippen molar-refractivity contribution in [1.29, 1.82) is 0 Å². The summed E-state index contributed by atoms with van der Waals surface area (Å²) < 4.78 is 0. The fourth-order valence-corrected chi connectivity index (χ4v) is 0.551. The Morgan fingerprint density at radius 1 is 1.38 bits per heavy atom. The molecule has 0 bridgehead atoms. The van der Waals surface area contributed by atoms with Crippen LogP contribution in [-0.4, -0.2) is 26.9 Å². The first-order chi connectivity index (χ1) is 5.95. The summed E-state index contributed by atoms with van der Waals surface area (Å²) >= 11 is 0. The zero-order chi connectivity index (χ0) is 10.3. The first-order valence-corrected chi connectivity index (χ1v) is 4.21. The second-order valence-electron chi connectivity index (χ2n) is 3.85. The molecule has 0 aromatic heterocycles. The van der Waals surface area contributed by atoms with Crippen molar-refractivity contribution in [1.82, 2.24) is 0 Å². The Balaban J connectivity index is 3.99. The van der Waals surface area contributed by atoms with E-state index in [9.17, 15) is 0 Å². The van der Waals surface area contributed by atoms with Gasteiger partial charge in [0.2, 0.25) is 0 Å². The number of nitrogens with two attached hydrogens (primary N) is 1. The standard InChI is InChI=1S/C9H17BN3/c1-9(2,3)10-13-7-8(11)5-6-12-4/h5-7H,11H2,1-4H3/b8-5-,12-6?,13-7+. The molecule has 0 amide bonds. The molecule has 13 heavy (non-hydrogen) atoms. The molecule has 0 spiro atoms. The van der Waals surface area contributed by atoms with E-state index >= 15 is 0 Å². The lowest BCUT2D eigenvalue weighted by molar-refractivity contribution is 0.752. The molecule has 0 aliphatic rings. The fraction of sp³-hybridized carbons (Fsp3) is 0.556. The quantitative estimate of drug-likeness (QED) is 0.515. The van der Waals surface area contributed by atoms with Gasteiger partial charge in [0.05, 0.1) is 0 Å². The second-order valence-corrected chi connectivity index (χ2v) is 3.85. The maximum Gasteiger partial charge on any atom is 0.280 e. The van der Waals surface area contributed by atoms with Gasteiger partial charge in [-0.1, -0.05) is 20.8 Å². The van der Waals surface area contributed by atoms with Gasteiger partial charge >= 0.3 is 0 Å². The summed E-state index contributed by atoms with van der Waals surface area (Å²) in [4.78, 5) is 7.87. The molecule has 0 heterocycles. The minimum atomic E-state index is 0.0929. The van der Waals surface area contributed by atoms with Crippen LogP contribution in [0.5, 0.6) is 0 Å². The summed E-state index contributed by atoms with van der Waals surface area (Å²) in [7, 11) is 3.55. The normalized spacial score (nSPS) is 14.3. The van der Waals surface area contributed by atoms with Crippen molar-refractivity contribution in [3.63, 3.8) is 0 Å². The molecule has 0 unspecified atom stereocenters. The van der Waals surface area contributed by atoms with Gasteiger partial charge in [0.15, 0.2) is 0 Å². The number of nitrogens with zero attached hydrogens (tertiary/aromatic N) is 2. The third-order valence-electron chi connectivity index (χ3n) is 1.10. The van der Waals surface area contributed by atoms with Crippen LogP contribution in [0.1, 0.15) is 20.8 Å². The molecule has 0 saturated heterocycles. The van der Waals surface area contributed by atoms with Gasteiger partial charge in [-0.05, 0) is 11.4 Å². The number of hydrogen-bond donors (Lipinski definition) is 1. The van der Waals surface area contributed by atoms with Crippen LogP contribution in [0.2, 0.25) is 5.31 Å². The number of aliphatic imine (C=N–C) groups is 1. The maximum atomic E-state index is 5.59. The van der Waals surface area contributed by atoms with Gasteiger partial charge in [-0.15, -0.1) is 0 Å². The Labute approximate surface area is 81.1 Å². The molecule has 0 aromatic carbocycles. The van der Waals surface area contributed by atoms with Crippen LogP contribution in [-0.2, 0) is 0 Å². The summed E-state index contributed by atoms with van der Waals surface area (Å²) in [5, 5.41) is 0.0929. The van der Waals surface area contributed by atoms with Gasteiger partial charge in [-0.3, -0.25) is 4.99 Å². The van der Waals surface area contributed by atoms with Crippen LogP contribution in [0, 0.1) is 0 Å². The molecule has 2 N–H and O–H groups in total. The Hall–Kier alpha value is -1.06. The van der Waals surface area contributed by atoms with E-state index in [1.54, 1.807) is 25.6 Å². The van der Waals surface area contributed by atoms with Gasteiger partial charge in [-0.2, -0.15) is 0 Å². The van der Waals surface area contributed by atoms with Crippen molar-refractivity contribution in [2.24, 2.45) is 15.6 Å².